The van der Waals surface area contributed by atoms with Crippen LogP contribution in [0.15, 0.2) is 71.3 Å². The van der Waals surface area contributed by atoms with Gasteiger partial charge in [-0.05, 0) is 42.0 Å². The van der Waals surface area contributed by atoms with Crippen LogP contribution in [0.1, 0.15) is 21.7 Å². The normalized spacial score (nSPS) is 10.6. The topological polar surface area (TPSA) is 33.5 Å². The molecule has 0 aliphatic rings. The number of hydrogen-bond acceptors (Lipinski definition) is 2. The molecule has 24 heavy (non-hydrogen) atoms. The zero-order chi connectivity index (χ0) is 16.9. The monoisotopic (exact) mass is 327 g/mol. The molecule has 0 saturated carbocycles. The number of carbonyl (C=O) groups excluding carboxylic acids is 1. The summed E-state index contributed by atoms with van der Waals surface area (Å²) in [6.07, 6.45) is 1.51. The number of carbonyl (C=O) groups is 1. The second kappa shape index (κ2) is 7.08. The summed E-state index contributed by atoms with van der Waals surface area (Å²) in [6.45, 7) is 0.408. The lowest BCUT2D eigenvalue weighted by Crippen LogP contribution is -2.30. The first-order valence-corrected chi connectivity index (χ1v) is 7.44. The van der Waals surface area contributed by atoms with Crippen molar-refractivity contribution < 1.29 is 18.0 Å². The number of amides is 1. The predicted octanol–water partition coefficient (Wildman–Crippen LogP) is 4.40. The molecule has 3 nitrogen and oxygen atoms in total. The molecular weight excluding hydrogens is 312 g/mol. The van der Waals surface area contributed by atoms with E-state index in [1.807, 2.05) is 0 Å². The van der Waals surface area contributed by atoms with Gasteiger partial charge in [0.05, 0.1) is 18.4 Å². The molecular formula is C19H15F2NO2. The smallest absolute Gasteiger partial charge is 0.257 e. The average Bonchev–Trinajstić information content (AvgIpc) is 3.09. The summed E-state index contributed by atoms with van der Waals surface area (Å²) in [6, 6.07) is 15.1. The van der Waals surface area contributed by atoms with Crippen molar-refractivity contribution in [1.82, 2.24) is 4.90 Å². The number of benzene rings is 2. The summed E-state index contributed by atoms with van der Waals surface area (Å²) >= 11 is 0. The highest BCUT2D eigenvalue weighted by atomic mass is 19.1. The lowest BCUT2D eigenvalue weighted by molar-refractivity contribution is 0.0713. The molecule has 0 aliphatic carbocycles. The standard InChI is InChI=1S/C19H15F2NO2/c20-15-9-7-14(8-10-15)12-22(13-16-4-3-11-24-16)19(23)17-5-1-2-6-18(17)21/h1-11H,12-13H2. The second-order valence-electron chi connectivity index (χ2n) is 5.35. The summed E-state index contributed by atoms with van der Waals surface area (Å²) in [5, 5.41) is 0. The second-order valence-corrected chi connectivity index (χ2v) is 5.35. The van der Waals surface area contributed by atoms with E-state index < -0.39 is 11.7 Å². The van der Waals surface area contributed by atoms with Crippen LogP contribution in [-0.4, -0.2) is 10.8 Å². The van der Waals surface area contributed by atoms with Gasteiger partial charge in [0, 0.05) is 6.54 Å². The Bertz CT molecular complexity index is 814. The van der Waals surface area contributed by atoms with Crippen molar-refractivity contribution in [3.05, 3.63) is 95.4 Å². The quantitative estimate of drug-likeness (QED) is 0.696. The van der Waals surface area contributed by atoms with E-state index >= 15 is 0 Å². The molecule has 122 valence electrons. The first kappa shape index (κ1) is 15.9. The van der Waals surface area contributed by atoms with E-state index in [0.29, 0.717) is 5.76 Å². The lowest BCUT2D eigenvalue weighted by Gasteiger charge is -2.22. The van der Waals surface area contributed by atoms with Crippen molar-refractivity contribution in [2.45, 2.75) is 13.1 Å². The molecule has 1 heterocycles. The van der Waals surface area contributed by atoms with Gasteiger partial charge < -0.3 is 9.32 Å². The Morgan fingerprint density at radius 3 is 2.33 bits per heavy atom. The van der Waals surface area contributed by atoms with Crippen molar-refractivity contribution in [2.75, 3.05) is 0 Å². The van der Waals surface area contributed by atoms with Crippen molar-refractivity contribution in [3.63, 3.8) is 0 Å². The van der Waals surface area contributed by atoms with Crippen LogP contribution in [0.3, 0.4) is 0 Å². The average molecular weight is 327 g/mol. The number of furan rings is 1. The fourth-order valence-corrected chi connectivity index (χ4v) is 2.41. The van der Waals surface area contributed by atoms with Gasteiger partial charge in [0.1, 0.15) is 17.4 Å². The SMILES string of the molecule is O=C(c1ccccc1F)N(Cc1ccc(F)cc1)Cc1ccco1. The van der Waals surface area contributed by atoms with E-state index in [2.05, 4.69) is 0 Å². The number of halogens is 2. The van der Waals surface area contributed by atoms with Crippen LogP contribution < -0.4 is 0 Å². The maximum absolute atomic E-state index is 14.0. The van der Waals surface area contributed by atoms with Crippen LogP contribution in [0.5, 0.6) is 0 Å². The summed E-state index contributed by atoms with van der Waals surface area (Å²) in [7, 11) is 0. The molecule has 3 aromatic rings. The molecule has 5 heteroatoms. The Hall–Kier alpha value is -2.95. The van der Waals surface area contributed by atoms with Crippen LogP contribution in [0.25, 0.3) is 0 Å². The fourth-order valence-electron chi connectivity index (χ4n) is 2.41. The molecule has 1 aromatic heterocycles. The molecule has 0 bridgehead atoms. The first-order chi connectivity index (χ1) is 11.6. The molecule has 0 aliphatic heterocycles. The van der Waals surface area contributed by atoms with Gasteiger partial charge in [-0.2, -0.15) is 0 Å². The Kier molecular flexibility index (Phi) is 4.70. The highest BCUT2D eigenvalue weighted by Crippen LogP contribution is 2.17. The van der Waals surface area contributed by atoms with E-state index in [1.165, 1.54) is 41.5 Å². The van der Waals surface area contributed by atoms with Gasteiger partial charge in [-0.1, -0.05) is 24.3 Å². The van der Waals surface area contributed by atoms with Crippen LogP contribution >= 0.6 is 0 Å². The molecule has 0 radical (unpaired) electrons. The van der Waals surface area contributed by atoms with Crippen LogP contribution in [0.4, 0.5) is 8.78 Å². The molecule has 2 aromatic carbocycles. The zero-order valence-corrected chi connectivity index (χ0v) is 12.8. The third-order valence-electron chi connectivity index (χ3n) is 3.60. The molecule has 0 unspecified atom stereocenters. The van der Waals surface area contributed by atoms with Crippen molar-refractivity contribution in [1.29, 1.82) is 0 Å². The summed E-state index contributed by atoms with van der Waals surface area (Å²) < 4.78 is 32.3. The molecule has 0 atom stereocenters. The summed E-state index contributed by atoms with van der Waals surface area (Å²) in [5.74, 6) is -0.793. The highest BCUT2D eigenvalue weighted by molar-refractivity contribution is 5.94. The number of rotatable bonds is 5. The van der Waals surface area contributed by atoms with Gasteiger partial charge in [-0.15, -0.1) is 0 Å². The van der Waals surface area contributed by atoms with Crippen molar-refractivity contribution in [3.8, 4) is 0 Å². The van der Waals surface area contributed by atoms with Gasteiger partial charge in [0.15, 0.2) is 0 Å². The summed E-state index contributed by atoms with van der Waals surface area (Å²) in [5.41, 5.74) is 0.735. The zero-order valence-electron chi connectivity index (χ0n) is 12.8. The Morgan fingerprint density at radius 2 is 1.67 bits per heavy atom. The van der Waals surface area contributed by atoms with Gasteiger partial charge in [-0.3, -0.25) is 4.79 Å². The minimum Gasteiger partial charge on any atom is -0.467 e. The molecule has 0 saturated heterocycles. The Morgan fingerprint density at radius 1 is 0.917 bits per heavy atom. The Balaban J connectivity index is 1.87. The third kappa shape index (κ3) is 3.68. The highest BCUT2D eigenvalue weighted by Gasteiger charge is 2.20. The first-order valence-electron chi connectivity index (χ1n) is 7.44. The molecule has 3 rings (SSSR count). The maximum atomic E-state index is 14.0. The Labute approximate surface area is 138 Å². The van der Waals surface area contributed by atoms with Crippen molar-refractivity contribution >= 4 is 5.91 Å². The lowest BCUT2D eigenvalue weighted by atomic mass is 10.1. The van der Waals surface area contributed by atoms with Gasteiger partial charge in [0.25, 0.3) is 5.91 Å². The van der Waals surface area contributed by atoms with E-state index in [-0.39, 0.29) is 24.5 Å². The van der Waals surface area contributed by atoms with E-state index in [9.17, 15) is 13.6 Å². The molecule has 1 amide bonds. The van der Waals surface area contributed by atoms with E-state index in [1.54, 1.807) is 30.3 Å². The maximum Gasteiger partial charge on any atom is 0.257 e. The summed E-state index contributed by atoms with van der Waals surface area (Å²) in [4.78, 5) is 14.2. The van der Waals surface area contributed by atoms with Gasteiger partial charge in [0.2, 0.25) is 0 Å². The predicted molar refractivity (Wildman–Crippen MR) is 85.1 cm³/mol. The number of hydrogen-bond donors (Lipinski definition) is 0. The van der Waals surface area contributed by atoms with Gasteiger partial charge in [-0.25, -0.2) is 8.78 Å². The minimum atomic E-state index is -0.578. The number of nitrogens with zero attached hydrogens (tertiary/aromatic N) is 1. The molecule has 0 spiro atoms. The largest absolute Gasteiger partial charge is 0.467 e. The van der Waals surface area contributed by atoms with Gasteiger partial charge >= 0.3 is 0 Å². The van der Waals surface area contributed by atoms with E-state index in [4.69, 9.17) is 4.42 Å². The fraction of sp³-hybridized carbons (Fsp3) is 0.105. The van der Waals surface area contributed by atoms with Crippen molar-refractivity contribution in [2.24, 2.45) is 0 Å². The van der Waals surface area contributed by atoms with Crippen LogP contribution in [0.2, 0.25) is 0 Å². The van der Waals surface area contributed by atoms with Crippen LogP contribution in [-0.2, 0) is 13.1 Å². The van der Waals surface area contributed by atoms with Crippen LogP contribution in [0, 0.1) is 11.6 Å². The minimum absolute atomic E-state index is 0.00818. The molecule has 0 N–H and O–H groups in total. The van der Waals surface area contributed by atoms with E-state index in [0.717, 1.165) is 5.56 Å². The molecule has 0 fully saturated rings. The third-order valence-corrected chi connectivity index (χ3v) is 3.60.